The Kier molecular flexibility index (Phi) is 3.12. The van der Waals surface area contributed by atoms with Crippen molar-refractivity contribution < 1.29 is 0 Å². The van der Waals surface area contributed by atoms with Crippen LogP contribution in [0.2, 0.25) is 0 Å². The molecule has 0 saturated heterocycles. The summed E-state index contributed by atoms with van der Waals surface area (Å²) in [5, 5.41) is 6.94. The fraction of sp³-hybridized carbons (Fsp3) is 0.750. The van der Waals surface area contributed by atoms with Gasteiger partial charge in [0.25, 0.3) is 0 Å². The highest BCUT2D eigenvalue weighted by Gasteiger charge is 2.49. The number of rotatable bonds is 5. The average Bonchev–Trinajstić information content (AvgIpc) is 2.65. The molecule has 2 unspecified atom stereocenters. The van der Waals surface area contributed by atoms with E-state index >= 15 is 0 Å². The van der Waals surface area contributed by atoms with Gasteiger partial charge in [0.1, 0.15) is 0 Å². The highest BCUT2D eigenvalue weighted by molar-refractivity contribution is 7.09. The minimum atomic E-state index is 0.546. The maximum atomic E-state index is 4.37. The Hall–Kier alpha value is -0.410. The second-order valence-electron chi connectivity index (χ2n) is 5.09. The van der Waals surface area contributed by atoms with E-state index in [2.05, 4.69) is 36.5 Å². The topological polar surface area (TPSA) is 24.9 Å². The summed E-state index contributed by atoms with van der Waals surface area (Å²) in [5.41, 5.74) is 0.546. The van der Waals surface area contributed by atoms with E-state index in [0.29, 0.717) is 11.5 Å². The normalized spacial score (nSPS) is 25.1. The molecule has 1 saturated carbocycles. The van der Waals surface area contributed by atoms with Gasteiger partial charge in [-0.25, -0.2) is 4.98 Å². The summed E-state index contributed by atoms with van der Waals surface area (Å²) in [7, 11) is 0. The van der Waals surface area contributed by atoms with Crippen molar-refractivity contribution in [2.24, 2.45) is 11.3 Å². The van der Waals surface area contributed by atoms with Gasteiger partial charge in [-0.2, -0.15) is 0 Å². The van der Waals surface area contributed by atoms with Crippen LogP contribution in [0.25, 0.3) is 0 Å². The van der Waals surface area contributed by atoms with Crippen LogP contribution in [0.4, 0.5) is 0 Å². The van der Waals surface area contributed by atoms with Crippen molar-refractivity contribution in [1.29, 1.82) is 0 Å². The molecule has 2 atom stereocenters. The molecule has 0 spiro atoms. The van der Waals surface area contributed by atoms with Crippen LogP contribution < -0.4 is 5.32 Å². The highest BCUT2D eigenvalue weighted by atomic mass is 32.1. The Morgan fingerprint density at radius 3 is 2.87 bits per heavy atom. The van der Waals surface area contributed by atoms with Gasteiger partial charge in [0.15, 0.2) is 0 Å². The Morgan fingerprint density at radius 2 is 2.40 bits per heavy atom. The van der Waals surface area contributed by atoms with E-state index in [0.717, 1.165) is 18.9 Å². The first-order valence-electron chi connectivity index (χ1n) is 5.75. The smallest absolute Gasteiger partial charge is 0.0940 e. The zero-order chi connectivity index (χ0) is 10.9. The fourth-order valence-electron chi connectivity index (χ4n) is 2.36. The van der Waals surface area contributed by atoms with Crippen LogP contribution >= 0.6 is 11.3 Å². The highest BCUT2D eigenvalue weighted by Crippen LogP contribution is 2.54. The molecule has 3 heteroatoms. The molecule has 0 bridgehead atoms. The number of nitrogens with zero attached hydrogens (tertiary/aromatic N) is 1. The van der Waals surface area contributed by atoms with Crippen LogP contribution in [0, 0.1) is 11.3 Å². The first-order valence-corrected chi connectivity index (χ1v) is 6.63. The monoisotopic (exact) mass is 224 g/mol. The molecule has 2 rings (SSSR count). The molecule has 0 radical (unpaired) electrons. The molecule has 84 valence electrons. The molecule has 1 aromatic heterocycles. The summed E-state index contributed by atoms with van der Waals surface area (Å²) in [6.45, 7) is 7.97. The maximum Gasteiger partial charge on any atom is 0.0940 e. The average molecular weight is 224 g/mol. The Bertz CT molecular complexity index is 305. The number of hydrogen-bond acceptors (Lipinski definition) is 3. The minimum Gasteiger partial charge on any atom is -0.314 e. The van der Waals surface area contributed by atoms with Crippen molar-refractivity contribution in [2.45, 2.75) is 39.7 Å². The number of aromatic nitrogens is 1. The van der Waals surface area contributed by atoms with Crippen LogP contribution in [0.15, 0.2) is 11.6 Å². The zero-order valence-electron chi connectivity index (χ0n) is 9.79. The Labute approximate surface area is 96.1 Å². The van der Waals surface area contributed by atoms with Crippen molar-refractivity contribution in [3.8, 4) is 0 Å². The molecule has 1 aromatic rings. The lowest BCUT2D eigenvalue weighted by atomic mass is 10.0. The zero-order valence-corrected chi connectivity index (χ0v) is 10.6. The van der Waals surface area contributed by atoms with Crippen molar-refractivity contribution in [3.63, 3.8) is 0 Å². The van der Waals surface area contributed by atoms with Crippen molar-refractivity contribution in [1.82, 2.24) is 10.3 Å². The van der Waals surface area contributed by atoms with Crippen LogP contribution in [0.5, 0.6) is 0 Å². The third kappa shape index (κ3) is 2.58. The van der Waals surface area contributed by atoms with Gasteiger partial charge in [-0.15, -0.1) is 11.3 Å². The summed E-state index contributed by atoms with van der Waals surface area (Å²) in [6.07, 6.45) is 4.36. The van der Waals surface area contributed by atoms with Crippen LogP contribution in [0.1, 0.15) is 32.2 Å². The molecule has 1 heterocycles. The van der Waals surface area contributed by atoms with Gasteiger partial charge in [0.05, 0.1) is 5.01 Å². The van der Waals surface area contributed by atoms with E-state index in [-0.39, 0.29) is 0 Å². The third-order valence-electron chi connectivity index (χ3n) is 3.42. The van der Waals surface area contributed by atoms with Crippen LogP contribution in [-0.4, -0.2) is 17.6 Å². The van der Waals surface area contributed by atoms with Crippen molar-refractivity contribution in [2.75, 3.05) is 6.54 Å². The van der Waals surface area contributed by atoms with Gasteiger partial charge in [-0.1, -0.05) is 20.8 Å². The Balaban J connectivity index is 1.96. The third-order valence-corrected chi connectivity index (χ3v) is 4.22. The molecular weight excluding hydrogens is 204 g/mol. The van der Waals surface area contributed by atoms with Gasteiger partial charge in [0.2, 0.25) is 0 Å². The van der Waals surface area contributed by atoms with Crippen LogP contribution in [-0.2, 0) is 6.42 Å². The van der Waals surface area contributed by atoms with Gasteiger partial charge in [0, 0.05) is 24.0 Å². The van der Waals surface area contributed by atoms with Gasteiger partial charge >= 0.3 is 0 Å². The summed E-state index contributed by atoms with van der Waals surface area (Å²) in [5.74, 6) is 0.835. The molecule has 0 aromatic carbocycles. The van der Waals surface area contributed by atoms with Gasteiger partial charge in [-0.3, -0.25) is 0 Å². The van der Waals surface area contributed by atoms with Crippen molar-refractivity contribution >= 4 is 11.3 Å². The van der Waals surface area contributed by atoms with Crippen LogP contribution in [0.3, 0.4) is 0 Å². The predicted octanol–water partition coefficient (Wildman–Crippen LogP) is 2.71. The van der Waals surface area contributed by atoms with E-state index < -0.39 is 0 Å². The summed E-state index contributed by atoms with van der Waals surface area (Å²) in [6, 6.07) is 0.621. The largest absolute Gasteiger partial charge is 0.314 e. The molecular formula is C12H20N2S. The molecule has 0 aliphatic heterocycles. The minimum absolute atomic E-state index is 0.546. The second kappa shape index (κ2) is 4.22. The quantitative estimate of drug-likeness (QED) is 0.832. The van der Waals surface area contributed by atoms with Crippen molar-refractivity contribution in [3.05, 3.63) is 16.6 Å². The van der Waals surface area contributed by atoms with E-state index in [4.69, 9.17) is 0 Å². The first kappa shape index (κ1) is 11.1. The lowest BCUT2D eigenvalue weighted by Crippen LogP contribution is -2.34. The SMILES string of the molecule is CCNC(Cc1nccs1)C1CC1(C)C. The van der Waals surface area contributed by atoms with E-state index in [1.807, 2.05) is 6.20 Å². The predicted molar refractivity (Wildman–Crippen MR) is 65.2 cm³/mol. The van der Waals surface area contributed by atoms with Gasteiger partial charge < -0.3 is 5.32 Å². The number of nitrogens with one attached hydrogen (secondary N) is 1. The van der Waals surface area contributed by atoms with E-state index in [1.54, 1.807) is 11.3 Å². The summed E-state index contributed by atoms with van der Waals surface area (Å²) in [4.78, 5) is 4.37. The van der Waals surface area contributed by atoms with E-state index in [1.165, 1.54) is 11.4 Å². The maximum absolute atomic E-state index is 4.37. The van der Waals surface area contributed by atoms with Gasteiger partial charge in [-0.05, 0) is 24.3 Å². The number of likely N-dealkylation sites (N-methyl/N-ethyl adjacent to an activating group) is 1. The number of thiazole rings is 1. The Morgan fingerprint density at radius 1 is 1.67 bits per heavy atom. The molecule has 1 N–H and O–H groups in total. The molecule has 1 aliphatic rings. The molecule has 1 fully saturated rings. The summed E-state index contributed by atoms with van der Waals surface area (Å²) < 4.78 is 0. The molecule has 0 amide bonds. The first-order chi connectivity index (χ1) is 7.13. The molecule has 2 nitrogen and oxygen atoms in total. The number of hydrogen-bond donors (Lipinski definition) is 1. The summed E-state index contributed by atoms with van der Waals surface area (Å²) >= 11 is 1.77. The van der Waals surface area contributed by atoms with E-state index in [9.17, 15) is 0 Å². The molecule has 15 heavy (non-hydrogen) atoms. The second-order valence-corrected chi connectivity index (χ2v) is 6.07. The molecule has 1 aliphatic carbocycles. The standard InChI is InChI=1S/C12H20N2S/c1-4-13-10(9-8-12(9,2)3)7-11-14-5-6-15-11/h5-6,9-10,13H,4,7-8H2,1-3H3. The lowest BCUT2D eigenvalue weighted by molar-refractivity contribution is 0.409. The fourth-order valence-corrected chi connectivity index (χ4v) is 3.03. The lowest BCUT2D eigenvalue weighted by Gasteiger charge is -2.18.